The van der Waals surface area contributed by atoms with Gasteiger partial charge >= 0.3 is 0 Å². The van der Waals surface area contributed by atoms with Crippen LogP contribution in [0.4, 0.5) is 0 Å². The highest BCUT2D eigenvalue weighted by Crippen LogP contribution is 2.29. The van der Waals surface area contributed by atoms with Crippen molar-refractivity contribution < 1.29 is 9.53 Å². The average molecular weight is 289 g/mol. The number of carbonyl (C=O) groups excluding carboxylic acids is 1. The van der Waals surface area contributed by atoms with E-state index in [1.54, 1.807) is 7.11 Å². The van der Waals surface area contributed by atoms with Gasteiger partial charge in [0.05, 0.1) is 12.6 Å². The number of imidazole rings is 1. The first-order valence-corrected chi connectivity index (χ1v) is 7.75. The second kappa shape index (κ2) is 6.02. The lowest BCUT2D eigenvalue weighted by Crippen LogP contribution is -2.42. The maximum absolute atomic E-state index is 12.6. The first-order chi connectivity index (χ1) is 10.2. The second-order valence-electron chi connectivity index (χ2n) is 5.80. The number of methoxy groups -OCH3 is 1. The molecule has 1 aliphatic heterocycles. The maximum atomic E-state index is 12.6. The molecule has 1 aromatic heterocycles. The van der Waals surface area contributed by atoms with Crippen LogP contribution in [0.5, 0.6) is 0 Å². The van der Waals surface area contributed by atoms with Crippen molar-refractivity contribution in [1.29, 1.82) is 0 Å². The van der Waals surface area contributed by atoms with Crippen molar-refractivity contribution in [2.45, 2.75) is 45.2 Å². The van der Waals surface area contributed by atoms with Crippen LogP contribution in [0, 0.1) is 0 Å². The Morgan fingerprint density at radius 3 is 3.05 bits per heavy atom. The van der Waals surface area contributed by atoms with Crippen molar-refractivity contribution in [2.75, 3.05) is 20.3 Å². The van der Waals surface area contributed by atoms with E-state index in [4.69, 9.17) is 4.74 Å². The summed E-state index contributed by atoms with van der Waals surface area (Å²) in [4.78, 5) is 19.1. The molecule has 0 radical (unpaired) electrons. The Hall–Kier alpha value is -1.62. The summed E-state index contributed by atoms with van der Waals surface area (Å²) >= 11 is 0. The van der Waals surface area contributed by atoms with E-state index in [2.05, 4.69) is 22.6 Å². The summed E-state index contributed by atoms with van der Waals surface area (Å²) in [6.07, 6.45) is 7.97. The predicted molar refractivity (Wildman–Crippen MR) is 79.9 cm³/mol. The Labute approximate surface area is 125 Å². The van der Waals surface area contributed by atoms with Gasteiger partial charge in [-0.3, -0.25) is 4.79 Å². The summed E-state index contributed by atoms with van der Waals surface area (Å²) in [5.74, 6) is 1.20. The number of rotatable bonds is 4. The number of amides is 1. The molecule has 5 nitrogen and oxygen atoms in total. The zero-order valence-corrected chi connectivity index (χ0v) is 12.8. The van der Waals surface area contributed by atoms with Crippen LogP contribution in [-0.2, 0) is 22.5 Å². The van der Waals surface area contributed by atoms with Crippen molar-refractivity contribution in [3.05, 3.63) is 29.4 Å². The molecule has 21 heavy (non-hydrogen) atoms. The molecule has 0 saturated heterocycles. The normalized spacial score (nSPS) is 21.3. The van der Waals surface area contributed by atoms with E-state index in [9.17, 15) is 4.79 Å². The van der Waals surface area contributed by atoms with E-state index >= 15 is 0 Å². The van der Waals surface area contributed by atoms with Gasteiger partial charge in [-0.2, -0.15) is 0 Å². The number of ether oxygens (including phenoxy) is 1. The Kier molecular flexibility index (Phi) is 4.10. The molecule has 1 atom stereocenters. The van der Waals surface area contributed by atoms with Crippen molar-refractivity contribution in [2.24, 2.45) is 0 Å². The highest BCUT2D eigenvalue weighted by Gasteiger charge is 2.31. The Morgan fingerprint density at radius 1 is 1.48 bits per heavy atom. The molecule has 0 N–H and O–H groups in total. The van der Waals surface area contributed by atoms with Gasteiger partial charge in [-0.05, 0) is 26.2 Å². The molecule has 1 aromatic rings. The largest absolute Gasteiger partial charge is 0.384 e. The first-order valence-electron chi connectivity index (χ1n) is 7.75. The monoisotopic (exact) mass is 289 g/mol. The third-order valence-electron chi connectivity index (χ3n) is 4.51. The molecule has 2 heterocycles. The van der Waals surface area contributed by atoms with Crippen LogP contribution in [0.25, 0.3) is 0 Å². The smallest absolute Gasteiger partial charge is 0.250 e. The van der Waals surface area contributed by atoms with Gasteiger partial charge < -0.3 is 14.2 Å². The highest BCUT2D eigenvalue weighted by molar-refractivity contribution is 5.94. The van der Waals surface area contributed by atoms with E-state index in [1.165, 1.54) is 5.69 Å². The molecular formula is C16H23N3O2. The van der Waals surface area contributed by atoms with E-state index in [-0.39, 0.29) is 11.9 Å². The topological polar surface area (TPSA) is 47.4 Å². The van der Waals surface area contributed by atoms with Crippen LogP contribution >= 0.6 is 0 Å². The quantitative estimate of drug-likeness (QED) is 0.852. The lowest BCUT2D eigenvalue weighted by atomic mass is 10.1. The number of carbonyl (C=O) groups is 1. The number of aromatic nitrogens is 2. The Balaban J connectivity index is 1.77. The fraction of sp³-hybridized carbons (Fsp3) is 0.625. The molecule has 1 aliphatic carbocycles. The minimum absolute atomic E-state index is 0.0454. The van der Waals surface area contributed by atoms with E-state index < -0.39 is 0 Å². The Morgan fingerprint density at radius 2 is 2.33 bits per heavy atom. The molecule has 0 unspecified atom stereocenters. The van der Waals surface area contributed by atoms with Gasteiger partial charge in [0.2, 0.25) is 5.91 Å². The number of hydrogen-bond donors (Lipinski definition) is 0. The second-order valence-corrected chi connectivity index (χ2v) is 5.80. The Bertz CT molecular complexity index is 562. The number of nitrogens with zero attached hydrogens (tertiary/aromatic N) is 3. The molecule has 0 fully saturated rings. The van der Waals surface area contributed by atoms with E-state index in [1.807, 2.05) is 11.1 Å². The minimum Gasteiger partial charge on any atom is -0.384 e. The van der Waals surface area contributed by atoms with Gasteiger partial charge in [0, 0.05) is 44.1 Å². The van der Waals surface area contributed by atoms with Crippen molar-refractivity contribution in [3.8, 4) is 0 Å². The minimum atomic E-state index is 0.0454. The van der Waals surface area contributed by atoms with Crippen molar-refractivity contribution in [1.82, 2.24) is 14.5 Å². The maximum Gasteiger partial charge on any atom is 0.250 e. The van der Waals surface area contributed by atoms with Crippen LogP contribution < -0.4 is 0 Å². The van der Waals surface area contributed by atoms with Gasteiger partial charge in [0.1, 0.15) is 5.82 Å². The average Bonchev–Trinajstić information content (AvgIpc) is 3.15. The van der Waals surface area contributed by atoms with Crippen LogP contribution in [0.15, 0.2) is 17.8 Å². The summed E-state index contributed by atoms with van der Waals surface area (Å²) in [7, 11) is 1.71. The van der Waals surface area contributed by atoms with Crippen LogP contribution in [0.1, 0.15) is 43.7 Å². The number of hydrogen-bond acceptors (Lipinski definition) is 3. The molecule has 0 spiro atoms. The molecule has 2 aliphatic rings. The van der Waals surface area contributed by atoms with Gasteiger partial charge in [-0.25, -0.2) is 4.98 Å². The summed E-state index contributed by atoms with van der Waals surface area (Å²) in [5.41, 5.74) is 2.19. The SMILES string of the molecule is COCCc1cnc2n1CCN(C(=O)C1=CCCC1)[C@H]2C. The fourth-order valence-electron chi connectivity index (χ4n) is 3.29. The van der Waals surface area contributed by atoms with Crippen molar-refractivity contribution in [3.63, 3.8) is 0 Å². The molecule has 0 saturated carbocycles. The molecule has 3 rings (SSSR count). The van der Waals surface area contributed by atoms with Gasteiger partial charge in [0.25, 0.3) is 0 Å². The molecule has 0 aromatic carbocycles. The third-order valence-corrected chi connectivity index (χ3v) is 4.51. The molecule has 0 bridgehead atoms. The summed E-state index contributed by atoms with van der Waals surface area (Å²) in [6.45, 7) is 4.37. The lowest BCUT2D eigenvalue weighted by molar-refractivity contribution is -0.130. The van der Waals surface area contributed by atoms with Gasteiger partial charge in [-0.15, -0.1) is 0 Å². The highest BCUT2D eigenvalue weighted by atomic mass is 16.5. The van der Waals surface area contributed by atoms with Crippen LogP contribution in [0.2, 0.25) is 0 Å². The van der Waals surface area contributed by atoms with E-state index in [0.29, 0.717) is 6.61 Å². The standard InChI is InChI=1S/C16H23N3O2/c1-12-15-17-11-14(7-10-21-2)19(15)9-8-18(12)16(20)13-5-3-4-6-13/h5,11-12H,3-4,6-10H2,1-2H3/t12-/m0/s1. The fourth-order valence-corrected chi connectivity index (χ4v) is 3.29. The molecule has 5 heteroatoms. The van der Waals surface area contributed by atoms with Gasteiger partial charge in [-0.1, -0.05) is 6.08 Å². The lowest BCUT2D eigenvalue weighted by Gasteiger charge is -2.34. The van der Waals surface area contributed by atoms with Crippen molar-refractivity contribution >= 4 is 5.91 Å². The zero-order valence-electron chi connectivity index (χ0n) is 12.8. The first kappa shape index (κ1) is 14.3. The summed E-state index contributed by atoms with van der Waals surface area (Å²) in [6, 6.07) is 0.0454. The molecule has 114 valence electrons. The summed E-state index contributed by atoms with van der Waals surface area (Å²) < 4.78 is 7.39. The van der Waals surface area contributed by atoms with Crippen LogP contribution in [0.3, 0.4) is 0 Å². The molecular weight excluding hydrogens is 266 g/mol. The summed E-state index contributed by atoms with van der Waals surface area (Å²) in [5, 5.41) is 0. The molecule has 1 amide bonds. The van der Waals surface area contributed by atoms with Gasteiger partial charge in [0.15, 0.2) is 0 Å². The number of fused-ring (bicyclic) bond motifs is 1. The third kappa shape index (κ3) is 2.62. The number of allylic oxidation sites excluding steroid dienone is 1. The predicted octanol–water partition coefficient (Wildman–Crippen LogP) is 2.09. The van der Waals surface area contributed by atoms with E-state index in [0.717, 1.165) is 50.2 Å². The van der Waals surface area contributed by atoms with Crippen LogP contribution in [-0.4, -0.2) is 40.6 Å². The zero-order chi connectivity index (χ0) is 14.8.